The number of rotatable bonds is 4. The number of ether oxygens (including phenoxy) is 1. The molecule has 0 radical (unpaired) electrons. The summed E-state index contributed by atoms with van der Waals surface area (Å²) in [7, 11) is 0. The van der Waals surface area contributed by atoms with Gasteiger partial charge in [-0.05, 0) is 18.4 Å². The van der Waals surface area contributed by atoms with E-state index in [2.05, 4.69) is 5.32 Å². The van der Waals surface area contributed by atoms with Crippen LogP contribution in [0.15, 0.2) is 24.3 Å². The van der Waals surface area contributed by atoms with Crippen LogP contribution in [-0.4, -0.2) is 35.3 Å². The molecule has 2 atom stereocenters. The number of hydrogen-bond donors (Lipinski definition) is 1. The second-order valence-corrected chi connectivity index (χ2v) is 6.34. The summed E-state index contributed by atoms with van der Waals surface area (Å²) in [6.45, 7) is 4.57. The average Bonchev–Trinajstić information content (AvgIpc) is 3.06. The highest BCUT2D eigenvalue weighted by Crippen LogP contribution is 2.38. The van der Waals surface area contributed by atoms with Gasteiger partial charge in [0.2, 0.25) is 18.0 Å². The largest absolute Gasteiger partial charge is 0.433 e. The molecule has 122 valence electrons. The van der Waals surface area contributed by atoms with Crippen molar-refractivity contribution in [3.05, 3.63) is 35.4 Å². The van der Waals surface area contributed by atoms with Gasteiger partial charge in [0, 0.05) is 18.5 Å². The predicted octanol–water partition coefficient (Wildman–Crippen LogP) is 1.62. The SMILES string of the molecule is CC(C)CNC(=O)[C@@H]1CCC(=O)N1[C@@H]1OC(=O)c2ccccc21. The van der Waals surface area contributed by atoms with Crippen LogP contribution in [0.25, 0.3) is 0 Å². The fourth-order valence-corrected chi connectivity index (χ4v) is 3.01. The van der Waals surface area contributed by atoms with Crippen molar-refractivity contribution in [2.75, 3.05) is 6.54 Å². The molecule has 2 amide bonds. The Bertz CT molecular complexity index is 656. The molecule has 1 aromatic rings. The second-order valence-electron chi connectivity index (χ2n) is 6.34. The summed E-state index contributed by atoms with van der Waals surface area (Å²) in [6.07, 6.45) is -0.0712. The topological polar surface area (TPSA) is 75.7 Å². The third kappa shape index (κ3) is 2.81. The molecule has 2 aliphatic heterocycles. The molecule has 1 saturated heterocycles. The summed E-state index contributed by atoms with van der Waals surface area (Å²) in [5.74, 6) is -0.477. The van der Waals surface area contributed by atoms with Crippen LogP contribution < -0.4 is 5.32 Å². The Labute approximate surface area is 134 Å². The lowest BCUT2D eigenvalue weighted by Gasteiger charge is -2.29. The van der Waals surface area contributed by atoms with Crippen LogP contribution in [0.3, 0.4) is 0 Å². The van der Waals surface area contributed by atoms with Gasteiger partial charge < -0.3 is 10.1 Å². The number of hydrogen-bond acceptors (Lipinski definition) is 4. The summed E-state index contributed by atoms with van der Waals surface area (Å²) in [6, 6.07) is 6.39. The molecule has 23 heavy (non-hydrogen) atoms. The molecule has 0 spiro atoms. The number of likely N-dealkylation sites (tertiary alicyclic amines) is 1. The number of cyclic esters (lactones) is 1. The number of esters is 1. The number of benzene rings is 1. The van der Waals surface area contributed by atoms with E-state index in [-0.39, 0.29) is 18.2 Å². The van der Waals surface area contributed by atoms with Crippen molar-refractivity contribution < 1.29 is 19.1 Å². The smallest absolute Gasteiger partial charge is 0.340 e. The highest BCUT2D eigenvalue weighted by atomic mass is 16.6. The zero-order valence-corrected chi connectivity index (χ0v) is 13.2. The maximum atomic E-state index is 12.4. The first-order valence-electron chi connectivity index (χ1n) is 7.88. The predicted molar refractivity (Wildman–Crippen MR) is 82.3 cm³/mol. The van der Waals surface area contributed by atoms with Gasteiger partial charge in [-0.2, -0.15) is 0 Å². The molecule has 0 bridgehead atoms. The van der Waals surface area contributed by atoms with Crippen molar-refractivity contribution in [2.45, 2.75) is 39.0 Å². The summed E-state index contributed by atoms with van der Waals surface area (Å²) >= 11 is 0. The van der Waals surface area contributed by atoms with Crippen LogP contribution in [0.5, 0.6) is 0 Å². The Kier molecular flexibility index (Phi) is 4.07. The van der Waals surface area contributed by atoms with Gasteiger partial charge in [-0.3, -0.25) is 14.5 Å². The lowest BCUT2D eigenvalue weighted by Crippen LogP contribution is -2.47. The molecule has 1 aromatic carbocycles. The molecule has 0 aliphatic carbocycles. The maximum absolute atomic E-state index is 12.4. The molecule has 0 aromatic heterocycles. The van der Waals surface area contributed by atoms with Gasteiger partial charge in [-0.25, -0.2) is 4.79 Å². The first-order valence-corrected chi connectivity index (χ1v) is 7.88. The molecule has 6 heteroatoms. The van der Waals surface area contributed by atoms with E-state index in [1.165, 1.54) is 4.90 Å². The summed E-state index contributed by atoms with van der Waals surface area (Å²) < 4.78 is 5.38. The minimum absolute atomic E-state index is 0.163. The van der Waals surface area contributed by atoms with E-state index in [0.29, 0.717) is 30.0 Å². The van der Waals surface area contributed by atoms with Crippen LogP contribution >= 0.6 is 0 Å². The van der Waals surface area contributed by atoms with Crippen molar-refractivity contribution in [3.8, 4) is 0 Å². The molecule has 6 nitrogen and oxygen atoms in total. The first kappa shape index (κ1) is 15.5. The van der Waals surface area contributed by atoms with Crippen molar-refractivity contribution in [1.29, 1.82) is 0 Å². The van der Waals surface area contributed by atoms with E-state index >= 15 is 0 Å². The number of amides is 2. The molecule has 2 heterocycles. The number of nitrogens with one attached hydrogen (secondary N) is 1. The molecule has 2 aliphatic rings. The Morgan fingerprint density at radius 1 is 1.35 bits per heavy atom. The van der Waals surface area contributed by atoms with Crippen LogP contribution in [0.2, 0.25) is 0 Å². The highest BCUT2D eigenvalue weighted by molar-refractivity contribution is 5.96. The fourth-order valence-electron chi connectivity index (χ4n) is 3.01. The lowest BCUT2D eigenvalue weighted by atomic mass is 10.1. The number of carbonyl (C=O) groups is 3. The molecule has 3 rings (SSSR count). The highest BCUT2D eigenvalue weighted by Gasteiger charge is 2.46. The second kappa shape index (κ2) is 6.02. The maximum Gasteiger partial charge on any atom is 0.340 e. The minimum atomic E-state index is -0.802. The van der Waals surface area contributed by atoms with Crippen LogP contribution in [0.4, 0.5) is 0 Å². The minimum Gasteiger partial charge on any atom is -0.433 e. The zero-order chi connectivity index (χ0) is 16.6. The standard InChI is InChI=1S/C17H20N2O4/c1-10(2)9-18-15(21)13-7-8-14(20)19(13)16-11-5-3-4-6-12(11)17(22)23-16/h3-6,10,13,16H,7-9H2,1-2H3,(H,18,21)/t13-,16+/m0/s1. The van der Waals surface area contributed by atoms with Gasteiger partial charge in [-0.15, -0.1) is 0 Å². The van der Waals surface area contributed by atoms with Crippen molar-refractivity contribution in [2.24, 2.45) is 5.92 Å². The number of carbonyl (C=O) groups excluding carboxylic acids is 3. The number of nitrogens with zero attached hydrogens (tertiary/aromatic N) is 1. The molecular formula is C17H20N2O4. The lowest BCUT2D eigenvalue weighted by molar-refractivity contribution is -0.145. The molecular weight excluding hydrogens is 296 g/mol. The third-order valence-electron chi connectivity index (χ3n) is 4.16. The van der Waals surface area contributed by atoms with Gasteiger partial charge in [0.1, 0.15) is 6.04 Å². The van der Waals surface area contributed by atoms with E-state index in [0.717, 1.165) is 0 Å². The average molecular weight is 316 g/mol. The van der Waals surface area contributed by atoms with Gasteiger partial charge in [0.05, 0.1) is 5.56 Å². The van der Waals surface area contributed by atoms with E-state index in [1.54, 1.807) is 24.3 Å². The van der Waals surface area contributed by atoms with E-state index in [4.69, 9.17) is 4.74 Å². The Morgan fingerprint density at radius 3 is 2.83 bits per heavy atom. The Hall–Kier alpha value is -2.37. The van der Waals surface area contributed by atoms with Gasteiger partial charge in [0.25, 0.3) is 0 Å². The molecule has 1 fully saturated rings. The van der Waals surface area contributed by atoms with Crippen molar-refractivity contribution in [3.63, 3.8) is 0 Å². The number of fused-ring (bicyclic) bond motifs is 1. The monoisotopic (exact) mass is 316 g/mol. The van der Waals surface area contributed by atoms with Gasteiger partial charge >= 0.3 is 5.97 Å². The normalized spacial score (nSPS) is 23.2. The van der Waals surface area contributed by atoms with Crippen molar-refractivity contribution >= 4 is 17.8 Å². The van der Waals surface area contributed by atoms with Crippen molar-refractivity contribution in [1.82, 2.24) is 10.2 Å². The quantitative estimate of drug-likeness (QED) is 0.857. The fraction of sp³-hybridized carbons (Fsp3) is 0.471. The van der Waals surface area contributed by atoms with Crippen LogP contribution in [0.1, 0.15) is 48.8 Å². The van der Waals surface area contributed by atoms with E-state index in [9.17, 15) is 14.4 Å². The Balaban J connectivity index is 1.84. The van der Waals surface area contributed by atoms with Crippen LogP contribution in [0, 0.1) is 5.92 Å². The van der Waals surface area contributed by atoms with Gasteiger partial charge in [-0.1, -0.05) is 32.0 Å². The van der Waals surface area contributed by atoms with E-state index in [1.807, 2.05) is 13.8 Å². The third-order valence-corrected chi connectivity index (χ3v) is 4.16. The molecule has 0 saturated carbocycles. The first-order chi connectivity index (χ1) is 11.0. The molecule has 1 N–H and O–H groups in total. The van der Waals surface area contributed by atoms with Gasteiger partial charge in [0.15, 0.2) is 0 Å². The summed E-state index contributed by atoms with van der Waals surface area (Å²) in [4.78, 5) is 38.1. The van der Waals surface area contributed by atoms with E-state index < -0.39 is 18.2 Å². The summed E-state index contributed by atoms with van der Waals surface area (Å²) in [5.41, 5.74) is 1.10. The zero-order valence-electron chi connectivity index (χ0n) is 13.2. The Morgan fingerprint density at radius 2 is 2.09 bits per heavy atom. The molecule has 0 unspecified atom stereocenters. The summed E-state index contributed by atoms with van der Waals surface area (Å²) in [5, 5.41) is 2.86. The van der Waals surface area contributed by atoms with Crippen LogP contribution in [-0.2, 0) is 14.3 Å².